The van der Waals surface area contributed by atoms with Crippen LogP contribution in [0.1, 0.15) is 34.7 Å². The van der Waals surface area contributed by atoms with E-state index in [1.165, 1.54) is 0 Å². The van der Waals surface area contributed by atoms with Gasteiger partial charge in [0, 0.05) is 12.3 Å². The van der Waals surface area contributed by atoms with E-state index in [4.69, 9.17) is 9.26 Å². The van der Waals surface area contributed by atoms with Crippen molar-refractivity contribution in [2.45, 2.75) is 24.3 Å². The molecular weight excluding hydrogens is 372 g/mol. The number of amides is 2. The number of nitrogens with zero attached hydrogens (tertiary/aromatic N) is 2. The molecule has 0 saturated heterocycles. The highest BCUT2D eigenvalue weighted by Crippen LogP contribution is 2.53. The van der Waals surface area contributed by atoms with Gasteiger partial charge in [0.2, 0.25) is 0 Å². The molecule has 1 aliphatic heterocycles. The Morgan fingerprint density at radius 1 is 1.17 bits per heavy atom. The lowest BCUT2D eigenvalue weighted by Gasteiger charge is -2.13. The van der Waals surface area contributed by atoms with Crippen molar-refractivity contribution in [1.29, 1.82) is 0 Å². The van der Waals surface area contributed by atoms with Crippen LogP contribution in [0.2, 0.25) is 0 Å². The van der Waals surface area contributed by atoms with Gasteiger partial charge in [0.1, 0.15) is 18.4 Å². The van der Waals surface area contributed by atoms with Crippen molar-refractivity contribution in [3.05, 3.63) is 71.7 Å². The molecule has 1 aromatic carbocycles. The molecule has 0 radical (unpaired) electrons. The van der Waals surface area contributed by atoms with Crippen LogP contribution in [0.3, 0.4) is 0 Å². The minimum absolute atomic E-state index is 0.00503. The van der Waals surface area contributed by atoms with Gasteiger partial charge in [-0.05, 0) is 30.5 Å². The quantitative estimate of drug-likeness (QED) is 0.708. The fourth-order valence-electron chi connectivity index (χ4n) is 3.56. The average molecular weight is 390 g/mol. The molecule has 3 aromatic rings. The number of carbonyl (C=O) groups excluding carboxylic acids is 2. The van der Waals surface area contributed by atoms with Crippen LogP contribution < -0.4 is 15.4 Å². The zero-order chi connectivity index (χ0) is 19.8. The van der Waals surface area contributed by atoms with Gasteiger partial charge in [-0.25, -0.2) is 4.98 Å². The van der Waals surface area contributed by atoms with Crippen LogP contribution in [0.4, 0.5) is 5.82 Å². The number of ether oxygens (including phenoxy) is 1. The lowest BCUT2D eigenvalue weighted by atomic mass is 9.93. The molecule has 8 heteroatoms. The van der Waals surface area contributed by atoms with Gasteiger partial charge in [-0.2, -0.15) is 0 Å². The molecule has 29 heavy (non-hydrogen) atoms. The van der Waals surface area contributed by atoms with Gasteiger partial charge in [-0.1, -0.05) is 35.5 Å². The summed E-state index contributed by atoms with van der Waals surface area (Å²) < 4.78 is 11.1. The Bertz CT molecular complexity index is 1080. The van der Waals surface area contributed by atoms with Crippen molar-refractivity contribution in [3.63, 3.8) is 0 Å². The van der Waals surface area contributed by atoms with Gasteiger partial charge >= 0.3 is 0 Å². The number of pyridine rings is 1. The molecule has 3 heterocycles. The molecule has 1 atom stereocenters. The SMILES string of the molecule is O=C(N[C@H]1COc2cccnc2NC1=O)c1cc(C2(c3ccccc3)CC2)on1. The molecule has 146 valence electrons. The average Bonchev–Trinajstić information content (AvgIpc) is 3.44. The number of nitrogens with one attached hydrogen (secondary N) is 2. The van der Waals surface area contributed by atoms with Gasteiger partial charge in [0.25, 0.3) is 11.8 Å². The third-order valence-corrected chi connectivity index (χ3v) is 5.33. The standard InChI is InChI=1S/C21H18N4O4/c26-19(23-15-12-28-16-7-4-10-22-18(16)24-20(15)27)14-11-17(29-25-14)21(8-9-21)13-5-2-1-3-6-13/h1-7,10-11,15H,8-9,12H2,(H,23,26)(H,22,24,27)/t15-/m0/s1. The van der Waals surface area contributed by atoms with E-state index in [0.717, 1.165) is 18.4 Å². The molecule has 0 spiro atoms. The van der Waals surface area contributed by atoms with E-state index in [1.807, 2.05) is 30.3 Å². The Labute approximate surface area is 166 Å². The van der Waals surface area contributed by atoms with Gasteiger partial charge in [0.05, 0.1) is 5.41 Å². The zero-order valence-corrected chi connectivity index (χ0v) is 15.4. The van der Waals surface area contributed by atoms with Crippen LogP contribution in [0.15, 0.2) is 59.3 Å². The topological polar surface area (TPSA) is 106 Å². The third kappa shape index (κ3) is 3.12. The number of fused-ring (bicyclic) bond motifs is 1. The fourth-order valence-corrected chi connectivity index (χ4v) is 3.56. The summed E-state index contributed by atoms with van der Waals surface area (Å²) in [7, 11) is 0. The maximum absolute atomic E-state index is 12.7. The van der Waals surface area contributed by atoms with Crippen LogP contribution in [-0.2, 0) is 10.2 Å². The highest BCUT2D eigenvalue weighted by molar-refractivity contribution is 6.01. The summed E-state index contributed by atoms with van der Waals surface area (Å²) in [5.74, 6) is 0.553. The number of benzene rings is 1. The Kier molecular flexibility index (Phi) is 4.04. The van der Waals surface area contributed by atoms with E-state index in [-0.39, 0.29) is 17.7 Å². The summed E-state index contributed by atoms with van der Waals surface area (Å²) in [4.78, 5) is 29.1. The van der Waals surface area contributed by atoms with Crippen molar-refractivity contribution < 1.29 is 18.8 Å². The second-order valence-electron chi connectivity index (χ2n) is 7.20. The first kappa shape index (κ1) is 17.4. The summed E-state index contributed by atoms with van der Waals surface area (Å²) >= 11 is 0. The predicted octanol–water partition coefficient (Wildman–Crippen LogP) is 2.28. The molecule has 5 rings (SSSR count). The minimum atomic E-state index is -0.874. The zero-order valence-electron chi connectivity index (χ0n) is 15.4. The Balaban J connectivity index is 1.31. The molecule has 8 nitrogen and oxygen atoms in total. The monoisotopic (exact) mass is 390 g/mol. The van der Waals surface area contributed by atoms with Crippen LogP contribution in [0.5, 0.6) is 5.75 Å². The van der Waals surface area contributed by atoms with Crippen molar-refractivity contribution >= 4 is 17.6 Å². The van der Waals surface area contributed by atoms with Crippen LogP contribution >= 0.6 is 0 Å². The minimum Gasteiger partial charge on any atom is -0.487 e. The Hall–Kier alpha value is -3.68. The van der Waals surface area contributed by atoms with Crippen molar-refractivity contribution in [3.8, 4) is 5.75 Å². The van der Waals surface area contributed by atoms with E-state index < -0.39 is 17.9 Å². The maximum atomic E-state index is 12.7. The van der Waals surface area contributed by atoms with Crippen molar-refractivity contribution in [2.24, 2.45) is 0 Å². The number of aromatic nitrogens is 2. The number of rotatable bonds is 4. The predicted molar refractivity (Wildman–Crippen MR) is 103 cm³/mol. The van der Waals surface area contributed by atoms with Crippen LogP contribution in [0, 0.1) is 0 Å². The number of anilines is 1. The Morgan fingerprint density at radius 3 is 2.79 bits per heavy atom. The van der Waals surface area contributed by atoms with Gasteiger partial charge in [-0.3, -0.25) is 9.59 Å². The highest BCUT2D eigenvalue weighted by atomic mass is 16.5. The van der Waals surface area contributed by atoms with Crippen LogP contribution in [-0.4, -0.2) is 34.6 Å². The molecule has 2 amide bonds. The molecule has 0 unspecified atom stereocenters. The largest absolute Gasteiger partial charge is 0.487 e. The number of carbonyl (C=O) groups is 2. The summed E-state index contributed by atoms with van der Waals surface area (Å²) in [5, 5.41) is 9.24. The second kappa shape index (κ2) is 6.73. The molecule has 0 bridgehead atoms. The molecule has 2 aromatic heterocycles. The van der Waals surface area contributed by atoms with Crippen molar-refractivity contribution in [1.82, 2.24) is 15.5 Å². The first-order valence-corrected chi connectivity index (χ1v) is 9.38. The highest BCUT2D eigenvalue weighted by Gasteiger charge is 2.49. The molecule has 2 N–H and O–H groups in total. The molecular formula is C21H18N4O4. The van der Waals surface area contributed by atoms with Gasteiger partial charge in [-0.15, -0.1) is 0 Å². The summed E-state index contributed by atoms with van der Waals surface area (Å²) in [6.07, 6.45) is 3.44. The molecule has 1 saturated carbocycles. The molecule has 2 aliphatic rings. The first-order chi connectivity index (χ1) is 14.2. The van der Waals surface area contributed by atoms with E-state index >= 15 is 0 Å². The lowest BCUT2D eigenvalue weighted by molar-refractivity contribution is -0.118. The molecule has 1 fully saturated rings. The molecule has 1 aliphatic carbocycles. The van der Waals surface area contributed by atoms with Crippen molar-refractivity contribution in [2.75, 3.05) is 11.9 Å². The maximum Gasteiger partial charge on any atom is 0.274 e. The third-order valence-electron chi connectivity index (χ3n) is 5.33. The summed E-state index contributed by atoms with van der Waals surface area (Å²) in [6, 6.07) is 14.2. The van der Waals surface area contributed by atoms with Gasteiger partial charge < -0.3 is 19.9 Å². The second-order valence-corrected chi connectivity index (χ2v) is 7.20. The lowest BCUT2D eigenvalue weighted by Crippen LogP contribution is -2.46. The van der Waals surface area contributed by atoms with E-state index in [9.17, 15) is 9.59 Å². The Morgan fingerprint density at radius 2 is 2.00 bits per heavy atom. The van der Waals surface area contributed by atoms with E-state index in [2.05, 4.69) is 20.8 Å². The first-order valence-electron chi connectivity index (χ1n) is 9.38. The van der Waals surface area contributed by atoms with E-state index in [0.29, 0.717) is 17.3 Å². The summed E-state index contributed by atoms with van der Waals surface area (Å²) in [5.41, 5.74) is 1.06. The smallest absolute Gasteiger partial charge is 0.274 e. The number of hydrogen-bond acceptors (Lipinski definition) is 6. The summed E-state index contributed by atoms with van der Waals surface area (Å²) in [6.45, 7) is -0.00503. The van der Waals surface area contributed by atoms with E-state index in [1.54, 1.807) is 24.4 Å². The number of hydrogen-bond donors (Lipinski definition) is 2. The normalized spacial score (nSPS) is 19.3. The van der Waals surface area contributed by atoms with Crippen LogP contribution in [0.25, 0.3) is 0 Å². The van der Waals surface area contributed by atoms with Gasteiger partial charge in [0.15, 0.2) is 17.3 Å². The fraction of sp³-hybridized carbons (Fsp3) is 0.238.